The number of para-hydroxylation sites is 1. The number of carbonyl (C=O) groups is 1. The van der Waals surface area contributed by atoms with Crippen LogP contribution in [0.5, 0.6) is 0 Å². The molecule has 4 N–H and O–H groups in total. The average Bonchev–Trinajstić information content (AvgIpc) is 2.63. The summed E-state index contributed by atoms with van der Waals surface area (Å²) < 4.78 is 0. The summed E-state index contributed by atoms with van der Waals surface area (Å²) in [6, 6.07) is 7.35. The minimum atomic E-state index is -0.938. The number of nitrogens with two attached hydrogens (primary N) is 1. The molecule has 0 bridgehead atoms. The van der Waals surface area contributed by atoms with Gasteiger partial charge in [-0.05, 0) is 6.07 Å². The van der Waals surface area contributed by atoms with E-state index in [9.17, 15) is 4.79 Å². The molecule has 15 heavy (non-hydrogen) atoms. The van der Waals surface area contributed by atoms with E-state index in [1.807, 2.05) is 24.3 Å². The quantitative estimate of drug-likeness (QED) is 0.687. The van der Waals surface area contributed by atoms with Gasteiger partial charge in [0.05, 0.1) is 11.2 Å². The number of carboxylic acid groups (broad SMARTS) is 1. The Bertz CT molecular complexity index is 492. The summed E-state index contributed by atoms with van der Waals surface area (Å²) in [6.07, 6.45) is 0. The summed E-state index contributed by atoms with van der Waals surface area (Å²) in [4.78, 5) is 10.9. The highest BCUT2D eigenvalue weighted by Gasteiger charge is 2.22. The number of nitrogens with one attached hydrogen (secondary N) is 1. The predicted octanol–water partition coefficient (Wildman–Crippen LogP) is 0.690. The Labute approximate surface area is 85.9 Å². The van der Waals surface area contributed by atoms with Gasteiger partial charge in [-0.2, -0.15) is 5.10 Å². The Balaban J connectivity index is 2.55. The van der Waals surface area contributed by atoms with Crippen LogP contribution in [-0.2, 0) is 4.79 Å². The summed E-state index contributed by atoms with van der Waals surface area (Å²) in [7, 11) is 0. The van der Waals surface area contributed by atoms with E-state index >= 15 is 0 Å². The van der Waals surface area contributed by atoms with Crippen molar-refractivity contribution in [2.24, 2.45) is 5.73 Å². The third-order valence-corrected chi connectivity index (χ3v) is 2.37. The fourth-order valence-corrected chi connectivity index (χ4v) is 1.59. The smallest absolute Gasteiger partial charge is 0.313 e. The number of rotatable bonds is 3. The highest BCUT2D eigenvalue weighted by Crippen LogP contribution is 2.22. The zero-order chi connectivity index (χ0) is 10.8. The Morgan fingerprint density at radius 1 is 1.53 bits per heavy atom. The SMILES string of the molecule is NCC(C(=O)O)c1[nH]nc2ccccc12. The highest BCUT2D eigenvalue weighted by molar-refractivity contribution is 5.87. The van der Waals surface area contributed by atoms with Crippen molar-refractivity contribution < 1.29 is 9.90 Å². The van der Waals surface area contributed by atoms with E-state index in [0.717, 1.165) is 10.9 Å². The van der Waals surface area contributed by atoms with Crippen LogP contribution in [0.1, 0.15) is 11.6 Å². The molecule has 0 saturated carbocycles. The highest BCUT2D eigenvalue weighted by atomic mass is 16.4. The van der Waals surface area contributed by atoms with Gasteiger partial charge in [-0.15, -0.1) is 0 Å². The first-order chi connectivity index (χ1) is 7.24. The van der Waals surface area contributed by atoms with E-state index in [2.05, 4.69) is 10.2 Å². The number of aliphatic carboxylic acids is 1. The fourth-order valence-electron chi connectivity index (χ4n) is 1.59. The van der Waals surface area contributed by atoms with E-state index in [-0.39, 0.29) is 6.54 Å². The zero-order valence-electron chi connectivity index (χ0n) is 7.97. The standard InChI is InChI=1S/C10H11N3O2/c11-5-7(10(14)15)9-6-3-1-2-4-8(6)12-13-9/h1-4,7H,5,11H2,(H,12,13)(H,14,15). The second-order valence-electron chi connectivity index (χ2n) is 3.28. The van der Waals surface area contributed by atoms with Gasteiger partial charge in [0.1, 0.15) is 5.92 Å². The first-order valence-electron chi connectivity index (χ1n) is 4.60. The van der Waals surface area contributed by atoms with Crippen LogP contribution >= 0.6 is 0 Å². The Morgan fingerprint density at radius 3 is 2.93 bits per heavy atom. The molecule has 0 saturated heterocycles. The second kappa shape index (κ2) is 3.70. The van der Waals surface area contributed by atoms with Gasteiger partial charge in [-0.25, -0.2) is 0 Å². The van der Waals surface area contributed by atoms with Crippen LogP contribution in [0.25, 0.3) is 10.9 Å². The van der Waals surface area contributed by atoms with E-state index in [4.69, 9.17) is 10.8 Å². The molecule has 1 aromatic carbocycles. The molecule has 2 rings (SSSR count). The molecule has 0 fully saturated rings. The Hall–Kier alpha value is -1.88. The normalized spacial score (nSPS) is 12.9. The van der Waals surface area contributed by atoms with Gasteiger partial charge in [0.15, 0.2) is 0 Å². The van der Waals surface area contributed by atoms with E-state index < -0.39 is 11.9 Å². The first-order valence-corrected chi connectivity index (χ1v) is 4.60. The van der Waals surface area contributed by atoms with Crippen LogP contribution in [0.2, 0.25) is 0 Å². The van der Waals surface area contributed by atoms with Gasteiger partial charge in [-0.1, -0.05) is 18.2 Å². The molecule has 0 radical (unpaired) electrons. The molecule has 5 heteroatoms. The van der Waals surface area contributed by atoms with Gasteiger partial charge >= 0.3 is 5.97 Å². The molecule has 1 atom stereocenters. The van der Waals surface area contributed by atoms with Crippen molar-refractivity contribution in [2.45, 2.75) is 5.92 Å². The Morgan fingerprint density at radius 2 is 2.27 bits per heavy atom. The molecule has 0 amide bonds. The molecular formula is C10H11N3O2. The van der Waals surface area contributed by atoms with Crippen LogP contribution in [0.3, 0.4) is 0 Å². The molecular weight excluding hydrogens is 194 g/mol. The number of fused-ring (bicyclic) bond motifs is 1. The lowest BCUT2D eigenvalue weighted by atomic mass is 10.0. The Kier molecular flexibility index (Phi) is 2.39. The summed E-state index contributed by atoms with van der Waals surface area (Å²) in [5, 5.41) is 16.6. The molecule has 2 aromatic rings. The van der Waals surface area contributed by atoms with Crippen LogP contribution in [0.15, 0.2) is 24.3 Å². The predicted molar refractivity (Wildman–Crippen MR) is 55.5 cm³/mol. The largest absolute Gasteiger partial charge is 0.481 e. The van der Waals surface area contributed by atoms with E-state index in [1.54, 1.807) is 0 Å². The molecule has 0 aliphatic rings. The summed E-state index contributed by atoms with van der Waals surface area (Å²) >= 11 is 0. The maximum atomic E-state index is 10.9. The third-order valence-electron chi connectivity index (χ3n) is 2.37. The van der Waals surface area contributed by atoms with Gasteiger partial charge in [0.25, 0.3) is 0 Å². The summed E-state index contributed by atoms with van der Waals surface area (Å²) in [5.74, 6) is -1.66. The number of carboxylic acids is 1. The van der Waals surface area contributed by atoms with Gasteiger partial charge < -0.3 is 10.8 Å². The average molecular weight is 205 g/mol. The monoisotopic (exact) mass is 205 g/mol. The molecule has 0 spiro atoms. The number of aromatic nitrogens is 2. The summed E-state index contributed by atoms with van der Waals surface area (Å²) in [6.45, 7) is 0.0571. The third kappa shape index (κ3) is 1.57. The van der Waals surface area contributed by atoms with Crippen LogP contribution in [0, 0.1) is 0 Å². The van der Waals surface area contributed by atoms with Crippen LogP contribution in [-0.4, -0.2) is 27.8 Å². The van der Waals surface area contributed by atoms with Crippen molar-refractivity contribution in [3.8, 4) is 0 Å². The molecule has 1 heterocycles. The van der Waals surface area contributed by atoms with Crippen molar-refractivity contribution in [3.05, 3.63) is 30.0 Å². The number of nitrogens with zero attached hydrogens (tertiary/aromatic N) is 1. The molecule has 5 nitrogen and oxygen atoms in total. The number of benzene rings is 1. The van der Waals surface area contributed by atoms with Crippen molar-refractivity contribution in [3.63, 3.8) is 0 Å². The van der Waals surface area contributed by atoms with Gasteiger partial charge in [0.2, 0.25) is 0 Å². The zero-order valence-corrected chi connectivity index (χ0v) is 7.97. The van der Waals surface area contributed by atoms with Crippen molar-refractivity contribution in [2.75, 3.05) is 6.54 Å². The van der Waals surface area contributed by atoms with Crippen molar-refractivity contribution in [1.29, 1.82) is 0 Å². The minimum Gasteiger partial charge on any atom is -0.481 e. The van der Waals surface area contributed by atoms with E-state index in [0.29, 0.717) is 5.69 Å². The van der Waals surface area contributed by atoms with Gasteiger partial charge in [-0.3, -0.25) is 9.89 Å². The number of hydrogen-bond donors (Lipinski definition) is 3. The number of H-pyrrole nitrogens is 1. The topological polar surface area (TPSA) is 92.0 Å². The molecule has 78 valence electrons. The molecule has 1 aromatic heterocycles. The molecule has 0 aliphatic heterocycles. The van der Waals surface area contributed by atoms with Crippen molar-refractivity contribution >= 4 is 16.9 Å². The summed E-state index contributed by atoms with van der Waals surface area (Å²) in [5.41, 5.74) is 6.75. The van der Waals surface area contributed by atoms with E-state index in [1.165, 1.54) is 0 Å². The lowest BCUT2D eigenvalue weighted by molar-refractivity contribution is -0.138. The lowest BCUT2D eigenvalue weighted by Gasteiger charge is -2.06. The number of aromatic amines is 1. The maximum Gasteiger partial charge on any atom is 0.313 e. The van der Waals surface area contributed by atoms with Gasteiger partial charge in [0, 0.05) is 11.9 Å². The van der Waals surface area contributed by atoms with Crippen LogP contribution in [0.4, 0.5) is 0 Å². The number of hydrogen-bond acceptors (Lipinski definition) is 3. The fraction of sp³-hybridized carbons (Fsp3) is 0.200. The van der Waals surface area contributed by atoms with Crippen molar-refractivity contribution in [1.82, 2.24) is 10.2 Å². The second-order valence-corrected chi connectivity index (χ2v) is 3.28. The molecule has 1 unspecified atom stereocenters. The molecule has 0 aliphatic carbocycles. The first kappa shape index (κ1) is 9.67. The maximum absolute atomic E-state index is 10.9. The van der Waals surface area contributed by atoms with Crippen LogP contribution < -0.4 is 5.73 Å². The lowest BCUT2D eigenvalue weighted by Crippen LogP contribution is -2.21. The minimum absolute atomic E-state index is 0.0571.